The zero-order chi connectivity index (χ0) is 18.8. The molecule has 0 saturated carbocycles. The van der Waals surface area contributed by atoms with E-state index in [-0.39, 0.29) is 35.9 Å². The standard InChI is InChI=1S/C20H28N4OS.HI/c1-4-15(3)24-19(25)17-10-8-16(9-11-17)13-22-20(21-5-2)23-14-18-7-6-12-26-18;/h6-12,15H,4-5,13-14H2,1-3H3,(H,24,25)(H2,21,22,23);1H. The van der Waals surface area contributed by atoms with Crippen molar-refractivity contribution in [2.75, 3.05) is 6.54 Å². The van der Waals surface area contributed by atoms with E-state index in [9.17, 15) is 4.79 Å². The lowest BCUT2D eigenvalue weighted by Crippen LogP contribution is -2.36. The fraction of sp³-hybridized carbons (Fsp3) is 0.400. The van der Waals surface area contributed by atoms with Crippen molar-refractivity contribution in [3.63, 3.8) is 0 Å². The minimum atomic E-state index is -0.0274. The normalized spacial score (nSPS) is 12.0. The molecule has 148 valence electrons. The molecule has 0 aliphatic rings. The second-order valence-corrected chi connectivity index (χ2v) is 7.14. The van der Waals surface area contributed by atoms with Crippen LogP contribution < -0.4 is 16.0 Å². The molecule has 1 atom stereocenters. The third-order valence-electron chi connectivity index (χ3n) is 3.98. The summed E-state index contributed by atoms with van der Waals surface area (Å²) >= 11 is 1.72. The number of hydrogen-bond acceptors (Lipinski definition) is 3. The van der Waals surface area contributed by atoms with Crippen LogP contribution in [0.4, 0.5) is 0 Å². The number of guanidine groups is 1. The third-order valence-corrected chi connectivity index (χ3v) is 4.86. The molecule has 0 aliphatic carbocycles. The Morgan fingerprint density at radius 3 is 2.48 bits per heavy atom. The number of rotatable bonds is 8. The van der Waals surface area contributed by atoms with Gasteiger partial charge in [-0.3, -0.25) is 4.79 Å². The molecule has 2 rings (SSSR count). The maximum atomic E-state index is 12.1. The van der Waals surface area contributed by atoms with Gasteiger partial charge in [0.05, 0.1) is 13.1 Å². The Morgan fingerprint density at radius 2 is 1.89 bits per heavy atom. The number of aliphatic imine (C=N–C) groups is 1. The molecule has 1 amide bonds. The molecule has 7 heteroatoms. The van der Waals surface area contributed by atoms with Gasteiger partial charge in [0.2, 0.25) is 0 Å². The first-order chi connectivity index (χ1) is 12.6. The number of thiophene rings is 1. The van der Waals surface area contributed by atoms with Crippen LogP contribution in [-0.2, 0) is 13.1 Å². The van der Waals surface area contributed by atoms with Gasteiger partial charge < -0.3 is 16.0 Å². The molecule has 0 saturated heterocycles. The summed E-state index contributed by atoms with van der Waals surface area (Å²) in [5, 5.41) is 11.6. The van der Waals surface area contributed by atoms with Gasteiger partial charge in [0, 0.05) is 23.0 Å². The molecular formula is C20H29IN4OS. The Kier molecular flexibility index (Phi) is 11.0. The monoisotopic (exact) mass is 500 g/mol. The quantitative estimate of drug-likeness (QED) is 0.290. The molecule has 0 aliphatic heterocycles. The van der Waals surface area contributed by atoms with Crippen LogP contribution in [0.15, 0.2) is 46.8 Å². The van der Waals surface area contributed by atoms with Crippen LogP contribution in [0.3, 0.4) is 0 Å². The van der Waals surface area contributed by atoms with Crippen LogP contribution in [0.25, 0.3) is 0 Å². The highest BCUT2D eigenvalue weighted by atomic mass is 127. The van der Waals surface area contributed by atoms with Crippen LogP contribution in [0.1, 0.15) is 48.0 Å². The van der Waals surface area contributed by atoms with Gasteiger partial charge in [0.15, 0.2) is 5.96 Å². The molecule has 0 fully saturated rings. The Balaban J connectivity index is 0.00000364. The molecule has 0 bridgehead atoms. The van der Waals surface area contributed by atoms with Crippen molar-refractivity contribution in [1.82, 2.24) is 16.0 Å². The van der Waals surface area contributed by atoms with Gasteiger partial charge in [0.25, 0.3) is 5.91 Å². The van der Waals surface area contributed by atoms with E-state index in [1.54, 1.807) is 11.3 Å². The summed E-state index contributed by atoms with van der Waals surface area (Å²) in [6.45, 7) is 8.25. The molecule has 1 aromatic carbocycles. The number of carbonyl (C=O) groups excluding carboxylic acids is 1. The highest BCUT2D eigenvalue weighted by Gasteiger charge is 2.08. The molecule has 1 heterocycles. The Bertz CT molecular complexity index is 701. The molecule has 1 aromatic heterocycles. The molecule has 1 unspecified atom stereocenters. The molecule has 27 heavy (non-hydrogen) atoms. The number of hydrogen-bond donors (Lipinski definition) is 3. The Morgan fingerprint density at radius 1 is 1.15 bits per heavy atom. The first-order valence-electron chi connectivity index (χ1n) is 9.06. The minimum Gasteiger partial charge on any atom is -0.357 e. The van der Waals surface area contributed by atoms with Gasteiger partial charge in [-0.15, -0.1) is 35.3 Å². The van der Waals surface area contributed by atoms with Gasteiger partial charge in [-0.2, -0.15) is 0 Å². The molecular weight excluding hydrogens is 471 g/mol. The summed E-state index contributed by atoms with van der Waals surface area (Å²) < 4.78 is 0. The van der Waals surface area contributed by atoms with E-state index >= 15 is 0 Å². The zero-order valence-corrected chi connectivity index (χ0v) is 19.3. The van der Waals surface area contributed by atoms with Crippen LogP contribution in [0.5, 0.6) is 0 Å². The number of nitrogens with zero attached hydrogens (tertiary/aromatic N) is 1. The summed E-state index contributed by atoms with van der Waals surface area (Å²) in [5.41, 5.74) is 1.75. The second kappa shape index (κ2) is 12.7. The van der Waals surface area contributed by atoms with Gasteiger partial charge >= 0.3 is 0 Å². The fourth-order valence-corrected chi connectivity index (χ4v) is 2.91. The van der Waals surface area contributed by atoms with Gasteiger partial charge in [-0.25, -0.2) is 4.99 Å². The molecule has 0 spiro atoms. The average molecular weight is 500 g/mol. The number of benzene rings is 1. The van der Waals surface area contributed by atoms with E-state index in [0.29, 0.717) is 12.1 Å². The van der Waals surface area contributed by atoms with Crippen molar-refractivity contribution in [1.29, 1.82) is 0 Å². The first-order valence-corrected chi connectivity index (χ1v) is 9.94. The van der Waals surface area contributed by atoms with Crippen LogP contribution >= 0.6 is 35.3 Å². The summed E-state index contributed by atoms with van der Waals surface area (Å²) in [5.74, 6) is 0.764. The van der Waals surface area contributed by atoms with E-state index in [2.05, 4.69) is 39.3 Å². The molecule has 0 radical (unpaired) electrons. The van der Waals surface area contributed by atoms with Crippen molar-refractivity contribution in [2.45, 2.75) is 46.3 Å². The Hall–Kier alpha value is -1.61. The predicted octanol–water partition coefficient (Wildman–Crippen LogP) is 4.15. The maximum absolute atomic E-state index is 12.1. The van der Waals surface area contributed by atoms with Crippen LogP contribution in [0.2, 0.25) is 0 Å². The van der Waals surface area contributed by atoms with Crippen molar-refractivity contribution in [3.8, 4) is 0 Å². The van der Waals surface area contributed by atoms with Gasteiger partial charge in [0.1, 0.15) is 0 Å². The van der Waals surface area contributed by atoms with Crippen molar-refractivity contribution < 1.29 is 4.79 Å². The summed E-state index contributed by atoms with van der Waals surface area (Å²) in [4.78, 5) is 18.0. The third kappa shape index (κ3) is 8.30. The Labute approximate surface area is 183 Å². The van der Waals surface area contributed by atoms with Crippen molar-refractivity contribution >= 4 is 47.2 Å². The summed E-state index contributed by atoms with van der Waals surface area (Å²) in [7, 11) is 0. The zero-order valence-electron chi connectivity index (χ0n) is 16.1. The van der Waals surface area contributed by atoms with Gasteiger partial charge in [-0.1, -0.05) is 25.1 Å². The fourth-order valence-electron chi connectivity index (χ4n) is 2.27. The lowest BCUT2D eigenvalue weighted by Gasteiger charge is -2.12. The number of amides is 1. The first kappa shape index (κ1) is 23.4. The largest absolute Gasteiger partial charge is 0.357 e. The summed E-state index contributed by atoms with van der Waals surface area (Å²) in [6, 6.07) is 12.0. The molecule has 2 aromatic rings. The minimum absolute atomic E-state index is 0. The lowest BCUT2D eigenvalue weighted by molar-refractivity contribution is 0.0939. The predicted molar refractivity (Wildman–Crippen MR) is 125 cm³/mol. The summed E-state index contributed by atoms with van der Waals surface area (Å²) in [6.07, 6.45) is 0.921. The van der Waals surface area contributed by atoms with E-state index in [4.69, 9.17) is 0 Å². The van der Waals surface area contributed by atoms with E-state index in [1.807, 2.05) is 44.2 Å². The van der Waals surface area contributed by atoms with Crippen LogP contribution in [0, 0.1) is 0 Å². The van der Waals surface area contributed by atoms with E-state index < -0.39 is 0 Å². The molecule has 3 N–H and O–H groups in total. The second-order valence-electron chi connectivity index (χ2n) is 6.11. The van der Waals surface area contributed by atoms with E-state index in [0.717, 1.165) is 31.0 Å². The maximum Gasteiger partial charge on any atom is 0.251 e. The van der Waals surface area contributed by atoms with Crippen LogP contribution in [-0.4, -0.2) is 24.5 Å². The topological polar surface area (TPSA) is 65.5 Å². The molecule has 5 nitrogen and oxygen atoms in total. The number of nitrogens with one attached hydrogen (secondary N) is 3. The van der Waals surface area contributed by atoms with Crippen molar-refractivity contribution in [2.24, 2.45) is 4.99 Å². The smallest absolute Gasteiger partial charge is 0.251 e. The van der Waals surface area contributed by atoms with E-state index in [1.165, 1.54) is 4.88 Å². The SMILES string of the molecule is CCNC(=NCc1ccc(C(=O)NC(C)CC)cc1)NCc1cccs1.I. The number of halogens is 1. The highest BCUT2D eigenvalue weighted by molar-refractivity contribution is 14.0. The number of carbonyl (C=O) groups is 1. The average Bonchev–Trinajstić information content (AvgIpc) is 3.17. The van der Waals surface area contributed by atoms with Crippen molar-refractivity contribution in [3.05, 3.63) is 57.8 Å². The van der Waals surface area contributed by atoms with Gasteiger partial charge in [-0.05, 0) is 49.4 Å². The lowest BCUT2D eigenvalue weighted by atomic mass is 10.1. The highest BCUT2D eigenvalue weighted by Crippen LogP contribution is 2.08.